The molecule has 2 nitrogen and oxygen atoms in total. The highest BCUT2D eigenvalue weighted by molar-refractivity contribution is 5.25. The van der Waals surface area contributed by atoms with Crippen molar-refractivity contribution in [2.75, 3.05) is 13.1 Å². The number of nitrogens with one attached hydrogen (secondary N) is 1. The first-order valence-electron chi connectivity index (χ1n) is 4.80. The first-order chi connectivity index (χ1) is 6.62. The molecule has 2 rings (SSSR count). The Balaban J connectivity index is 2.32. The molecule has 0 amide bonds. The van der Waals surface area contributed by atoms with Crippen molar-refractivity contribution in [3.05, 3.63) is 35.6 Å². The zero-order valence-electron chi connectivity index (χ0n) is 8.13. The predicted molar refractivity (Wildman–Crippen MR) is 52.3 cm³/mol. The van der Waals surface area contributed by atoms with Gasteiger partial charge in [0.05, 0.1) is 5.60 Å². The van der Waals surface area contributed by atoms with Crippen molar-refractivity contribution in [3.63, 3.8) is 0 Å². The van der Waals surface area contributed by atoms with Crippen LogP contribution < -0.4 is 5.32 Å². The van der Waals surface area contributed by atoms with Gasteiger partial charge in [0.15, 0.2) is 0 Å². The summed E-state index contributed by atoms with van der Waals surface area (Å²) in [5.74, 6) is -0.219. The Kier molecular flexibility index (Phi) is 2.29. The van der Waals surface area contributed by atoms with Gasteiger partial charge < -0.3 is 10.4 Å². The molecule has 0 saturated carbocycles. The van der Waals surface area contributed by atoms with Gasteiger partial charge in [-0.2, -0.15) is 0 Å². The maximum Gasteiger partial charge on any atom is 0.129 e. The number of hydrogen-bond acceptors (Lipinski definition) is 2. The maximum absolute atomic E-state index is 13.4. The lowest BCUT2D eigenvalue weighted by molar-refractivity contribution is -0.0306. The molecule has 0 bridgehead atoms. The van der Waals surface area contributed by atoms with Crippen LogP contribution in [0.5, 0.6) is 0 Å². The second-order valence-electron chi connectivity index (χ2n) is 3.98. The van der Waals surface area contributed by atoms with Crippen LogP contribution in [0, 0.1) is 11.7 Å². The van der Waals surface area contributed by atoms with Crippen LogP contribution in [0.15, 0.2) is 24.3 Å². The Hall–Kier alpha value is -0.930. The third-order valence-electron chi connectivity index (χ3n) is 3.00. The van der Waals surface area contributed by atoms with Crippen LogP contribution in [0.1, 0.15) is 12.5 Å². The second kappa shape index (κ2) is 3.33. The molecule has 1 atom stereocenters. The highest BCUT2D eigenvalue weighted by Crippen LogP contribution is 2.33. The molecule has 1 saturated heterocycles. The van der Waals surface area contributed by atoms with E-state index in [-0.39, 0.29) is 11.7 Å². The van der Waals surface area contributed by atoms with Crippen LogP contribution in [0.3, 0.4) is 0 Å². The van der Waals surface area contributed by atoms with E-state index in [0.29, 0.717) is 5.56 Å². The first kappa shape index (κ1) is 9.62. The van der Waals surface area contributed by atoms with Crippen LogP contribution in [-0.2, 0) is 5.60 Å². The molecule has 14 heavy (non-hydrogen) atoms. The molecule has 0 aromatic heterocycles. The van der Waals surface area contributed by atoms with Crippen molar-refractivity contribution in [2.24, 2.45) is 5.92 Å². The molecule has 1 unspecified atom stereocenters. The summed E-state index contributed by atoms with van der Waals surface area (Å²) in [5.41, 5.74) is -0.664. The summed E-state index contributed by atoms with van der Waals surface area (Å²) < 4.78 is 13.4. The van der Waals surface area contributed by atoms with E-state index in [1.54, 1.807) is 25.1 Å². The number of halogens is 1. The van der Waals surface area contributed by atoms with E-state index >= 15 is 0 Å². The van der Waals surface area contributed by atoms with Crippen LogP contribution in [0.4, 0.5) is 4.39 Å². The second-order valence-corrected chi connectivity index (χ2v) is 3.98. The Morgan fingerprint density at radius 1 is 1.43 bits per heavy atom. The third-order valence-corrected chi connectivity index (χ3v) is 3.00. The fraction of sp³-hybridized carbons (Fsp3) is 0.455. The fourth-order valence-electron chi connectivity index (χ4n) is 1.78. The molecule has 0 radical (unpaired) electrons. The van der Waals surface area contributed by atoms with Crippen molar-refractivity contribution in [1.82, 2.24) is 5.32 Å². The molecule has 76 valence electrons. The van der Waals surface area contributed by atoms with E-state index in [1.165, 1.54) is 6.07 Å². The molecule has 1 heterocycles. The van der Waals surface area contributed by atoms with Gasteiger partial charge in [-0.3, -0.25) is 0 Å². The van der Waals surface area contributed by atoms with Crippen molar-refractivity contribution in [3.8, 4) is 0 Å². The van der Waals surface area contributed by atoms with Crippen LogP contribution in [0.25, 0.3) is 0 Å². The topological polar surface area (TPSA) is 32.3 Å². The smallest absolute Gasteiger partial charge is 0.129 e. The zero-order valence-corrected chi connectivity index (χ0v) is 8.13. The number of benzene rings is 1. The number of hydrogen-bond donors (Lipinski definition) is 2. The van der Waals surface area contributed by atoms with Gasteiger partial charge in [-0.1, -0.05) is 18.2 Å². The van der Waals surface area contributed by atoms with Gasteiger partial charge in [-0.15, -0.1) is 0 Å². The average molecular weight is 195 g/mol. The number of aliphatic hydroxyl groups is 1. The molecule has 1 aliphatic rings. The van der Waals surface area contributed by atoms with E-state index in [2.05, 4.69) is 5.32 Å². The van der Waals surface area contributed by atoms with E-state index < -0.39 is 5.60 Å². The van der Waals surface area contributed by atoms with E-state index in [9.17, 15) is 9.50 Å². The highest BCUT2D eigenvalue weighted by atomic mass is 19.1. The Morgan fingerprint density at radius 2 is 2.07 bits per heavy atom. The monoisotopic (exact) mass is 195 g/mol. The molecule has 2 N–H and O–H groups in total. The van der Waals surface area contributed by atoms with Crippen LogP contribution in [-0.4, -0.2) is 18.2 Å². The maximum atomic E-state index is 13.4. The molecule has 1 aromatic rings. The molecule has 1 aromatic carbocycles. The Bertz CT molecular complexity index is 334. The first-order valence-corrected chi connectivity index (χ1v) is 4.80. The quantitative estimate of drug-likeness (QED) is 0.744. The van der Waals surface area contributed by atoms with Crippen molar-refractivity contribution < 1.29 is 9.50 Å². The normalized spacial score (nSPS) is 21.4. The predicted octanol–water partition coefficient (Wildman–Crippen LogP) is 1.25. The van der Waals surface area contributed by atoms with E-state index in [0.717, 1.165) is 13.1 Å². The van der Waals surface area contributed by atoms with Gasteiger partial charge in [0, 0.05) is 24.6 Å². The Labute approximate surface area is 82.8 Å². The number of rotatable bonds is 2. The standard InChI is InChI=1S/C11H14FNO/c1-11(14,8-6-13-7-8)9-4-2-3-5-10(9)12/h2-5,8,13-14H,6-7H2,1H3. The summed E-state index contributed by atoms with van der Waals surface area (Å²) in [7, 11) is 0. The lowest BCUT2D eigenvalue weighted by Gasteiger charge is -2.40. The summed E-state index contributed by atoms with van der Waals surface area (Å²) in [5, 5.41) is 13.3. The van der Waals surface area contributed by atoms with Gasteiger partial charge in [-0.05, 0) is 13.0 Å². The lowest BCUT2D eigenvalue weighted by atomic mass is 9.79. The minimum absolute atomic E-state index is 0.111. The van der Waals surface area contributed by atoms with E-state index in [1.807, 2.05) is 0 Å². The molecule has 0 spiro atoms. The zero-order chi connectivity index (χ0) is 10.2. The molecular formula is C11H14FNO. The highest BCUT2D eigenvalue weighted by Gasteiger charge is 2.38. The lowest BCUT2D eigenvalue weighted by Crippen LogP contribution is -2.53. The molecule has 0 aliphatic carbocycles. The van der Waals surface area contributed by atoms with Crippen LogP contribution >= 0.6 is 0 Å². The SMILES string of the molecule is CC(O)(c1ccccc1F)C1CNC1. The molecule has 1 aliphatic heterocycles. The van der Waals surface area contributed by atoms with Crippen molar-refractivity contribution >= 4 is 0 Å². The van der Waals surface area contributed by atoms with Gasteiger partial charge in [0.25, 0.3) is 0 Å². The summed E-state index contributed by atoms with van der Waals surface area (Å²) in [4.78, 5) is 0. The minimum Gasteiger partial charge on any atom is -0.385 e. The van der Waals surface area contributed by atoms with Gasteiger partial charge >= 0.3 is 0 Å². The van der Waals surface area contributed by atoms with Crippen molar-refractivity contribution in [1.29, 1.82) is 0 Å². The Morgan fingerprint density at radius 3 is 2.57 bits per heavy atom. The van der Waals surface area contributed by atoms with Crippen molar-refractivity contribution in [2.45, 2.75) is 12.5 Å². The van der Waals surface area contributed by atoms with Gasteiger partial charge in [0.2, 0.25) is 0 Å². The summed E-state index contributed by atoms with van der Waals surface area (Å²) in [6, 6.07) is 6.41. The average Bonchev–Trinajstić information content (AvgIpc) is 2.00. The van der Waals surface area contributed by atoms with Gasteiger partial charge in [-0.25, -0.2) is 4.39 Å². The minimum atomic E-state index is -1.06. The summed E-state index contributed by atoms with van der Waals surface area (Å²) in [6.07, 6.45) is 0. The largest absolute Gasteiger partial charge is 0.385 e. The summed E-state index contributed by atoms with van der Waals surface area (Å²) >= 11 is 0. The molecule has 1 fully saturated rings. The summed E-state index contributed by atoms with van der Waals surface area (Å²) in [6.45, 7) is 3.18. The fourth-order valence-corrected chi connectivity index (χ4v) is 1.78. The third kappa shape index (κ3) is 1.42. The molecular weight excluding hydrogens is 181 g/mol. The molecule has 3 heteroatoms. The van der Waals surface area contributed by atoms with Gasteiger partial charge in [0.1, 0.15) is 5.82 Å². The van der Waals surface area contributed by atoms with Crippen LogP contribution in [0.2, 0.25) is 0 Å². The van der Waals surface area contributed by atoms with E-state index in [4.69, 9.17) is 0 Å².